The molecule has 1 fully saturated rings. The van der Waals surface area contributed by atoms with E-state index in [9.17, 15) is 10.2 Å². The van der Waals surface area contributed by atoms with Crippen LogP contribution in [0.2, 0.25) is 0 Å². The molecule has 0 aromatic rings. The van der Waals surface area contributed by atoms with Crippen LogP contribution in [0.25, 0.3) is 0 Å². The largest absolute Gasteiger partial charge is 0.385 e. The van der Waals surface area contributed by atoms with E-state index < -0.39 is 11.7 Å². The van der Waals surface area contributed by atoms with Crippen LogP contribution in [0.5, 0.6) is 0 Å². The van der Waals surface area contributed by atoms with Crippen LogP contribution in [-0.4, -0.2) is 52.7 Å². The predicted molar refractivity (Wildman–Crippen MR) is 54.2 cm³/mol. The quantitative estimate of drug-likeness (QED) is 0.609. The first kappa shape index (κ1) is 9.83. The number of hydrogen-bond donors (Lipinski definition) is 2. The van der Waals surface area contributed by atoms with Crippen LogP contribution in [-0.2, 0) is 0 Å². The van der Waals surface area contributed by atoms with E-state index in [1.54, 1.807) is 0 Å². The monoisotopic (exact) mass is 196 g/mol. The van der Waals surface area contributed by atoms with E-state index in [0.29, 0.717) is 0 Å². The minimum atomic E-state index is -1.21. The first-order valence-corrected chi connectivity index (χ1v) is 4.96. The van der Waals surface area contributed by atoms with E-state index in [-0.39, 0.29) is 6.04 Å². The molecule has 2 N–H and O–H groups in total. The minimum Gasteiger partial charge on any atom is -0.385 e. The Balaban J connectivity index is 2.22. The Bertz CT molecular complexity index is 277. The van der Waals surface area contributed by atoms with E-state index in [1.807, 2.05) is 7.05 Å². The van der Waals surface area contributed by atoms with Crippen molar-refractivity contribution < 1.29 is 10.2 Å². The van der Waals surface area contributed by atoms with Crippen molar-refractivity contribution >= 4 is 6.21 Å². The molecule has 3 atom stereocenters. The van der Waals surface area contributed by atoms with Crippen molar-refractivity contribution in [2.75, 3.05) is 13.6 Å². The molecule has 78 valence electrons. The van der Waals surface area contributed by atoms with Crippen LogP contribution < -0.4 is 0 Å². The summed E-state index contributed by atoms with van der Waals surface area (Å²) in [6, 6.07) is -0.0220. The molecule has 0 aromatic carbocycles. The highest BCUT2D eigenvalue weighted by molar-refractivity contribution is 5.73. The summed E-state index contributed by atoms with van der Waals surface area (Å²) in [5, 5.41) is 20.1. The van der Waals surface area contributed by atoms with Gasteiger partial charge in [-0.25, -0.2) is 0 Å². The average molecular weight is 196 g/mol. The third-order valence-electron chi connectivity index (χ3n) is 3.16. The minimum absolute atomic E-state index is 0.0220. The summed E-state index contributed by atoms with van der Waals surface area (Å²) < 4.78 is 0. The third kappa shape index (κ3) is 1.39. The van der Waals surface area contributed by atoms with E-state index >= 15 is 0 Å². The van der Waals surface area contributed by atoms with Crippen LogP contribution in [0.4, 0.5) is 0 Å². The molecule has 4 nitrogen and oxygen atoms in total. The van der Waals surface area contributed by atoms with E-state index in [4.69, 9.17) is 0 Å². The van der Waals surface area contributed by atoms with Crippen molar-refractivity contribution in [1.29, 1.82) is 0 Å². The van der Waals surface area contributed by atoms with Crippen LogP contribution in [0, 0.1) is 0 Å². The third-order valence-corrected chi connectivity index (χ3v) is 3.16. The van der Waals surface area contributed by atoms with Gasteiger partial charge >= 0.3 is 0 Å². The summed E-state index contributed by atoms with van der Waals surface area (Å²) in [4.78, 5) is 6.00. The maximum absolute atomic E-state index is 10.3. The highest BCUT2D eigenvalue weighted by atomic mass is 16.3. The molecule has 0 radical (unpaired) electrons. The highest BCUT2D eigenvalue weighted by Gasteiger charge is 2.45. The van der Waals surface area contributed by atoms with Crippen molar-refractivity contribution in [2.24, 2.45) is 4.99 Å². The maximum Gasteiger partial charge on any atom is 0.144 e. The molecular weight excluding hydrogens is 180 g/mol. The summed E-state index contributed by atoms with van der Waals surface area (Å²) in [7, 11) is 1.97. The zero-order valence-corrected chi connectivity index (χ0v) is 8.30. The Labute approximate surface area is 83.6 Å². The van der Waals surface area contributed by atoms with Gasteiger partial charge in [-0.15, -0.1) is 0 Å². The van der Waals surface area contributed by atoms with Gasteiger partial charge in [0.2, 0.25) is 0 Å². The molecule has 0 aromatic heterocycles. The Morgan fingerprint density at radius 1 is 1.57 bits per heavy atom. The lowest BCUT2D eigenvalue weighted by molar-refractivity contribution is -0.0432. The topological polar surface area (TPSA) is 56.1 Å². The molecule has 1 saturated heterocycles. The van der Waals surface area contributed by atoms with Crippen molar-refractivity contribution in [3.63, 3.8) is 0 Å². The Morgan fingerprint density at radius 2 is 2.36 bits per heavy atom. The molecule has 0 aliphatic carbocycles. The first-order chi connectivity index (χ1) is 6.64. The number of aliphatic hydroxyl groups excluding tert-OH is 1. The summed E-state index contributed by atoms with van der Waals surface area (Å²) >= 11 is 0. The second-order valence-corrected chi connectivity index (χ2v) is 4.09. The summed E-state index contributed by atoms with van der Waals surface area (Å²) in [5.74, 6) is 0. The summed E-state index contributed by atoms with van der Waals surface area (Å²) in [5.41, 5.74) is -1.21. The van der Waals surface area contributed by atoms with Gasteiger partial charge in [0.25, 0.3) is 0 Å². The predicted octanol–water partition coefficient (Wildman–Crippen LogP) is -0.229. The second-order valence-electron chi connectivity index (χ2n) is 4.09. The SMILES string of the molecule is CN1CCCC1C1(O)C=NC=CC1O. The molecule has 2 heterocycles. The molecule has 0 spiro atoms. The fourth-order valence-electron chi connectivity index (χ4n) is 2.30. The Kier molecular flexibility index (Phi) is 2.43. The van der Waals surface area contributed by atoms with Gasteiger partial charge in [0.1, 0.15) is 11.7 Å². The van der Waals surface area contributed by atoms with Gasteiger partial charge in [-0.1, -0.05) is 0 Å². The van der Waals surface area contributed by atoms with Gasteiger partial charge in [-0.05, 0) is 32.5 Å². The van der Waals surface area contributed by atoms with Crippen molar-refractivity contribution in [3.05, 3.63) is 12.3 Å². The molecule has 2 rings (SSSR count). The van der Waals surface area contributed by atoms with Crippen LogP contribution >= 0.6 is 0 Å². The zero-order valence-electron chi connectivity index (χ0n) is 8.30. The van der Waals surface area contributed by atoms with Crippen molar-refractivity contribution in [2.45, 2.75) is 30.6 Å². The zero-order chi connectivity index (χ0) is 10.2. The molecule has 0 amide bonds. The number of rotatable bonds is 1. The molecule has 0 saturated carbocycles. The summed E-state index contributed by atoms with van der Waals surface area (Å²) in [6.07, 6.45) is 5.65. The molecule has 2 aliphatic heterocycles. The van der Waals surface area contributed by atoms with E-state index in [0.717, 1.165) is 19.4 Å². The number of nitrogens with zero attached hydrogens (tertiary/aromatic N) is 2. The van der Waals surface area contributed by atoms with Gasteiger partial charge in [0.15, 0.2) is 0 Å². The average Bonchev–Trinajstić information content (AvgIpc) is 2.57. The molecule has 14 heavy (non-hydrogen) atoms. The van der Waals surface area contributed by atoms with Crippen LogP contribution in [0.1, 0.15) is 12.8 Å². The number of aliphatic hydroxyl groups is 2. The van der Waals surface area contributed by atoms with E-state index in [1.165, 1.54) is 18.5 Å². The van der Waals surface area contributed by atoms with Gasteiger partial charge < -0.3 is 15.1 Å². The Hall–Kier alpha value is -0.710. The van der Waals surface area contributed by atoms with Crippen LogP contribution in [0.15, 0.2) is 17.3 Å². The number of likely N-dealkylation sites (tertiary alicyclic amines) is 1. The fourth-order valence-corrected chi connectivity index (χ4v) is 2.30. The smallest absolute Gasteiger partial charge is 0.144 e. The highest BCUT2D eigenvalue weighted by Crippen LogP contribution is 2.29. The van der Waals surface area contributed by atoms with Gasteiger partial charge in [0, 0.05) is 18.5 Å². The molecule has 4 heteroatoms. The van der Waals surface area contributed by atoms with Crippen molar-refractivity contribution in [3.8, 4) is 0 Å². The van der Waals surface area contributed by atoms with Crippen molar-refractivity contribution in [1.82, 2.24) is 4.90 Å². The summed E-state index contributed by atoms with van der Waals surface area (Å²) in [6.45, 7) is 0.969. The molecule has 2 aliphatic rings. The second kappa shape index (κ2) is 3.46. The van der Waals surface area contributed by atoms with Gasteiger partial charge in [0.05, 0.1) is 0 Å². The molecule has 0 bridgehead atoms. The number of hydrogen-bond acceptors (Lipinski definition) is 4. The number of likely N-dealkylation sites (N-methyl/N-ethyl adjacent to an activating group) is 1. The van der Waals surface area contributed by atoms with Gasteiger partial charge in [-0.2, -0.15) is 0 Å². The number of aliphatic imine (C=N–C) groups is 1. The standard InChI is InChI=1S/C10H16N2O2/c1-12-6-2-3-8(12)10(14)7-11-5-4-9(10)13/h4-5,7-9,13-14H,2-3,6H2,1H3. The Morgan fingerprint density at radius 3 is 2.93 bits per heavy atom. The lowest BCUT2D eigenvalue weighted by Crippen LogP contribution is -2.57. The molecular formula is C10H16N2O2. The maximum atomic E-state index is 10.3. The normalized spacial score (nSPS) is 43.4. The van der Waals surface area contributed by atoms with Crippen LogP contribution in [0.3, 0.4) is 0 Å². The molecule has 3 unspecified atom stereocenters. The fraction of sp³-hybridized carbons (Fsp3) is 0.700. The first-order valence-electron chi connectivity index (χ1n) is 4.96. The lowest BCUT2D eigenvalue weighted by Gasteiger charge is -2.38. The lowest BCUT2D eigenvalue weighted by atomic mass is 9.86. The van der Waals surface area contributed by atoms with E-state index in [2.05, 4.69) is 9.89 Å². The van der Waals surface area contributed by atoms with Gasteiger partial charge in [-0.3, -0.25) is 4.99 Å².